The molecule has 0 bridgehead atoms. The van der Waals surface area contributed by atoms with E-state index in [1.807, 2.05) is 18.2 Å². The monoisotopic (exact) mass is 370 g/mol. The average Bonchev–Trinajstić information content (AvgIpc) is 2.87. The molecule has 2 heterocycles. The summed E-state index contributed by atoms with van der Waals surface area (Å²) >= 11 is 0. The smallest absolute Gasteiger partial charge is 0.156 e. The second-order valence-corrected chi connectivity index (χ2v) is 7.30. The number of ether oxygens (including phenoxy) is 2. The Hall–Kier alpha value is -2.22. The fourth-order valence-electron chi connectivity index (χ4n) is 3.71. The Morgan fingerprint density at radius 2 is 2.15 bits per heavy atom. The van der Waals surface area contributed by atoms with Crippen molar-refractivity contribution in [2.45, 2.75) is 44.6 Å². The average molecular weight is 370 g/mol. The van der Waals surface area contributed by atoms with Gasteiger partial charge < -0.3 is 25.2 Å². The molecule has 3 N–H and O–H groups in total. The third-order valence-electron chi connectivity index (χ3n) is 5.26. The SMILES string of the molecule is COCc1nc(C2CC(N)C2)cc(N2CCOc3ccc(CO)cc3C2)n1. The van der Waals surface area contributed by atoms with Crippen molar-refractivity contribution < 1.29 is 14.6 Å². The number of rotatable bonds is 5. The van der Waals surface area contributed by atoms with Gasteiger partial charge >= 0.3 is 0 Å². The van der Waals surface area contributed by atoms with Crippen LogP contribution in [0, 0.1) is 0 Å². The lowest BCUT2D eigenvalue weighted by atomic mass is 9.78. The van der Waals surface area contributed by atoms with Gasteiger partial charge in [-0.2, -0.15) is 0 Å². The lowest BCUT2D eigenvalue weighted by Crippen LogP contribution is -2.35. The molecule has 144 valence electrons. The summed E-state index contributed by atoms with van der Waals surface area (Å²) in [4.78, 5) is 11.6. The summed E-state index contributed by atoms with van der Waals surface area (Å²) in [6.45, 7) is 2.39. The van der Waals surface area contributed by atoms with Gasteiger partial charge in [0.2, 0.25) is 0 Å². The minimum absolute atomic E-state index is 0.0187. The van der Waals surface area contributed by atoms with Crippen molar-refractivity contribution in [2.75, 3.05) is 25.2 Å². The van der Waals surface area contributed by atoms with E-state index in [0.29, 0.717) is 31.5 Å². The Morgan fingerprint density at radius 3 is 2.89 bits per heavy atom. The van der Waals surface area contributed by atoms with Crippen LogP contribution in [0.25, 0.3) is 0 Å². The van der Waals surface area contributed by atoms with E-state index >= 15 is 0 Å². The van der Waals surface area contributed by atoms with Gasteiger partial charge in [0.15, 0.2) is 5.82 Å². The van der Waals surface area contributed by atoms with Gasteiger partial charge in [0.1, 0.15) is 24.8 Å². The third-order valence-corrected chi connectivity index (χ3v) is 5.26. The fraction of sp³-hybridized carbons (Fsp3) is 0.500. The first kappa shape index (κ1) is 18.2. The van der Waals surface area contributed by atoms with Crippen molar-refractivity contribution in [1.82, 2.24) is 9.97 Å². The number of benzene rings is 1. The van der Waals surface area contributed by atoms with Gasteiger partial charge in [-0.05, 0) is 30.5 Å². The number of aromatic nitrogens is 2. The summed E-state index contributed by atoms with van der Waals surface area (Å²) in [6, 6.07) is 8.18. The molecule has 7 heteroatoms. The van der Waals surface area contributed by atoms with Crippen molar-refractivity contribution in [2.24, 2.45) is 5.73 Å². The van der Waals surface area contributed by atoms with E-state index < -0.39 is 0 Å². The zero-order chi connectivity index (χ0) is 18.8. The van der Waals surface area contributed by atoms with Gasteiger partial charge in [0.05, 0.1) is 13.2 Å². The highest BCUT2D eigenvalue weighted by atomic mass is 16.5. The quantitative estimate of drug-likeness (QED) is 0.828. The summed E-state index contributed by atoms with van der Waals surface area (Å²) < 4.78 is 11.2. The molecule has 0 unspecified atom stereocenters. The van der Waals surface area contributed by atoms with E-state index in [1.165, 1.54) is 0 Å². The number of methoxy groups -OCH3 is 1. The van der Waals surface area contributed by atoms with E-state index in [0.717, 1.165) is 47.8 Å². The van der Waals surface area contributed by atoms with E-state index in [2.05, 4.69) is 16.0 Å². The van der Waals surface area contributed by atoms with Crippen LogP contribution in [0.5, 0.6) is 5.75 Å². The van der Waals surface area contributed by atoms with Crippen LogP contribution in [0.15, 0.2) is 24.3 Å². The van der Waals surface area contributed by atoms with E-state index in [-0.39, 0.29) is 12.6 Å². The second kappa shape index (κ2) is 7.80. The predicted molar refractivity (Wildman–Crippen MR) is 102 cm³/mol. The number of aliphatic hydroxyl groups excluding tert-OH is 1. The molecule has 2 aromatic rings. The number of nitrogens with two attached hydrogens (primary N) is 1. The van der Waals surface area contributed by atoms with Gasteiger partial charge in [0, 0.05) is 42.9 Å². The molecule has 1 aliphatic carbocycles. The second-order valence-electron chi connectivity index (χ2n) is 7.30. The molecule has 7 nitrogen and oxygen atoms in total. The van der Waals surface area contributed by atoms with Crippen molar-refractivity contribution in [3.8, 4) is 5.75 Å². The number of fused-ring (bicyclic) bond motifs is 1. The first-order chi connectivity index (χ1) is 13.2. The molecule has 0 saturated heterocycles. The van der Waals surface area contributed by atoms with Gasteiger partial charge in [-0.15, -0.1) is 0 Å². The van der Waals surface area contributed by atoms with Crippen LogP contribution in [-0.4, -0.2) is 41.4 Å². The Labute approximate surface area is 159 Å². The standard InChI is InChI=1S/C20H26N4O3/c1-26-12-19-22-17(14-7-16(21)8-14)9-20(23-19)24-4-5-27-18-3-2-13(11-25)6-15(18)10-24/h2-3,6,9,14,16,25H,4-5,7-8,10-12,21H2,1H3. The number of aliphatic hydroxyl groups is 1. The van der Waals surface area contributed by atoms with Crippen LogP contribution in [0.3, 0.4) is 0 Å². The molecule has 1 fully saturated rings. The minimum atomic E-state index is 0.0187. The number of nitrogens with zero attached hydrogens (tertiary/aromatic N) is 3. The third kappa shape index (κ3) is 3.90. The minimum Gasteiger partial charge on any atom is -0.491 e. The summed E-state index contributed by atoms with van der Waals surface area (Å²) in [5, 5.41) is 9.44. The predicted octanol–water partition coefficient (Wildman–Crippen LogP) is 1.72. The molecule has 0 atom stereocenters. The lowest BCUT2D eigenvalue weighted by Gasteiger charge is -2.32. The van der Waals surface area contributed by atoms with E-state index in [4.69, 9.17) is 20.2 Å². The van der Waals surface area contributed by atoms with Crippen LogP contribution < -0.4 is 15.4 Å². The highest BCUT2D eigenvalue weighted by molar-refractivity contribution is 5.46. The number of anilines is 1. The molecule has 1 aromatic heterocycles. The number of hydrogen-bond donors (Lipinski definition) is 2. The molecule has 4 rings (SSSR count). The van der Waals surface area contributed by atoms with Gasteiger partial charge in [0.25, 0.3) is 0 Å². The summed E-state index contributed by atoms with van der Waals surface area (Å²) in [5.74, 6) is 2.85. The highest BCUT2D eigenvalue weighted by Gasteiger charge is 2.30. The van der Waals surface area contributed by atoms with E-state index in [1.54, 1.807) is 7.11 Å². The topological polar surface area (TPSA) is 93.7 Å². The molecule has 0 amide bonds. The Kier molecular flexibility index (Phi) is 5.24. The molecular weight excluding hydrogens is 344 g/mol. The Morgan fingerprint density at radius 1 is 1.30 bits per heavy atom. The van der Waals surface area contributed by atoms with Crippen LogP contribution in [-0.2, 0) is 24.5 Å². The Balaban J connectivity index is 1.64. The van der Waals surface area contributed by atoms with Crippen LogP contribution in [0.2, 0.25) is 0 Å². The van der Waals surface area contributed by atoms with Gasteiger partial charge in [-0.3, -0.25) is 0 Å². The first-order valence-corrected chi connectivity index (χ1v) is 9.39. The zero-order valence-electron chi connectivity index (χ0n) is 15.6. The molecular formula is C20H26N4O3. The van der Waals surface area contributed by atoms with Gasteiger partial charge in [-0.1, -0.05) is 6.07 Å². The van der Waals surface area contributed by atoms with Crippen molar-refractivity contribution in [3.63, 3.8) is 0 Å². The number of hydrogen-bond acceptors (Lipinski definition) is 7. The van der Waals surface area contributed by atoms with E-state index in [9.17, 15) is 5.11 Å². The van der Waals surface area contributed by atoms with Crippen molar-refractivity contribution >= 4 is 5.82 Å². The first-order valence-electron chi connectivity index (χ1n) is 9.39. The maximum atomic E-state index is 9.44. The maximum Gasteiger partial charge on any atom is 0.156 e. The molecule has 0 spiro atoms. The van der Waals surface area contributed by atoms with Crippen molar-refractivity contribution in [1.29, 1.82) is 0 Å². The lowest BCUT2D eigenvalue weighted by molar-refractivity contribution is 0.177. The van der Waals surface area contributed by atoms with Crippen molar-refractivity contribution in [3.05, 3.63) is 46.9 Å². The fourth-order valence-corrected chi connectivity index (χ4v) is 3.71. The summed E-state index contributed by atoms with van der Waals surface area (Å²) in [7, 11) is 1.65. The van der Waals surface area contributed by atoms with Crippen LogP contribution in [0.4, 0.5) is 5.82 Å². The molecule has 2 aliphatic rings. The largest absolute Gasteiger partial charge is 0.491 e. The molecule has 1 aromatic carbocycles. The van der Waals surface area contributed by atoms with Crippen LogP contribution >= 0.6 is 0 Å². The zero-order valence-corrected chi connectivity index (χ0v) is 15.6. The molecule has 0 radical (unpaired) electrons. The maximum absolute atomic E-state index is 9.44. The summed E-state index contributed by atoms with van der Waals surface area (Å²) in [5.41, 5.74) is 8.95. The normalized spacial score (nSPS) is 21.8. The van der Waals surface area contributed by atoms with Gasteiger partial charge in [-0.25, -0.2) is 9.97 Å². The molecule has 1 saturated carbocycles. The highest BCUT2D eigenvalue weighted by Crippen LogP contribution is 2.36. The Bertz CT molecular complexity index is 808. The molecule has 1 aliphatic heterocycles. The van der Waals surface area contributed by atoms with Crippen LogP contribution in [0.1, 0.15) is 41.4 Å². The molecule has 27 heavy (non-hydrogen) atoms. The summed E-state index contributed by atoms with van der Waals surface area (Å²) in [6.07, 6.45) is 1.93.